The highest BCUT2D eigenvalue weighted by molar-refractivity contribution is 6.31. The molecule has 0 aliphatic rings. The summed E-state index contributed by atoms with van der Waals surface area (Å²) in [7, 11) is 0. The van der Waals surface area contributed by atoms with E-state index in [1.807, 2.05) is 60.7 Å². The van der Waals surface area contributed by atoms with E-state index in [0.717, 1.165) is 11.1 Å². The van der Waals surface area contributed by atoms with Crippen molar-refractivity contribution in [2.45, 2.75) is 13.2 Å². The molecular formula is C26H22Cl2N2O4. The molecule has 0 radical (unpaired) electrons. The van der Waals surface area contributed by atoms with Gasteiger partial charge < -0.3 is 15.2 Å². The van der Waals surface area contributed by atoms with Crippen molar-refractivity contribution in [1.82, 2.24) is 0 Å². The first kappa shape index (κ1) is 24.9. The van der Waals surface area contributed by atoms with Crippen LogP contribution < -0.4 is 15.2 Å². The Labute approximate surface area is 207 Å². The number of benzene rings is 4. The van der Waals surface area contributed by atoms with Gasteiger partial charge in [-0.25, -0.2) is 0 Å². The molecule has 4 aromatic carbocycles. The average molecular weight is 497 g/mol. The monoisotopic (exact) mass is 496 g/mol. The van der Waals surface area contributed by atoms with E-state index >= 15 is 0 Å². The Hall–Kier alpha value is -3.74. The lowest BCUT2D eigenvalue weighted by Gasteiger charge is -2.08. The van der Waals surface area contributed by atoms with E-state index < -0.39 is 4.92 Å². The van der Waals surface area contributed by atoms with Gasteiger partial charge in [0.2, 0.25) is 0 Å². The molecule has 174 valence electrons. The van der Waals surface area contributed by atoms with E-state index in [0.29, 0.717) is 28.1 Å². The predicted molar refractivity (Wildman–Crippen MR) is 136 cm³/mol. The molecule has 0 fully saturated rings. The van der Waals surface area contributed by atoms with E-state index in [-0.39, 0.29) is 18.0 Å². The molecule has 6 nitrogen and oxygen atoms in total. The minimum atomic E-state index is -0.508. The molecule has 0 saturated carbocycles. The minimum Gasteiger partial charge on any atom is -0.487 e. The number of nitrogens with two attached hydrogens (primary N) is 1. The van der Waals surface area contributed by atoms with Gasteiger partial charge in [0.15, 0.2) is 5.75 Å². The molecular weight excluding hydrogens is 475 g/mol. The first-order valence-corrected chi connectivity index (χ1v) is 11.0. The van der Waals surface area contributed by atoms with Crippen molar-refractivity contribution in [2.24, 2.45) is 0 Å². The number of nitrogens with zero attached hydrogens (tertiary/aromatic N) is 1. The van der Waals surface area contributed by atoms with Crippen LogP contribution in [0.5, 0.6) is 11.5 Å². The molecule has 0 aromatic heterocycles. The third kappa shape index (κ3) is 7.69. The highest BCUT2D eigenvalue weighted by atomic mass is 35.5. The van der Waals surface area contributed by atoms with Crippen molar-refractivity contribution in [2.75, 3.05) is 5.73 Å². The lowest BCUT2D eigenvalue weighted by Crippen LogP contribution is -1.98. The Morgan fingerprint density at radius 1 is 0.706 bits per heavy atom. The number of hydrogen-bond acceptors (Lipinski definition) is 5. The zero-order valence-corrected chi connectivity index (χ0v) is 19.6. The zero-order chi connectivity index (χ0) is 24.3. The van der Waals surface area contributed by atoms with Crippen LogP contribution >= 0.6 is 23.2 Å². The predicted octanol–water partition coefficient (Wildman–Crippen LogP) is 7.33. The summed E-state index contributed by atoms with van der Waals surface area (Å²) >= 11 is 11.5. The van der Waals surface area contributed by atoms with Crippen molar-refractivity contribution >= 4 is 34.6 Å². The van der Waals surface area contributed by atoms with E-state index in [2.05, 4.69) is 0 Å². The molecule has 8 heteroatoms. The molecule has 0 atom stereocenters. The van der Waals surface area contributed by atoms with Gasteiger partial charge in [-0.05, 0) is 41.5 Å². The summed E-state index contributed by atoms with van der Waals surface area (Å²) in [5.74, 6) is 0.876. The number of anilines is 1. The minimum absolute atomic E-state index is 0.126. The Morgan fingerprint density at radius 3 is 1.68 bits per heavy atom. The number of hydrogen-bond donors (Lipinski definition) is 1. The highest BCUT2D eigenvalue weighted by Gasteiger charge is 2.15. The van der Waals surface area contributed by atoms with Crippen LogP contribution in [-0.4, -0.2) is 4.92 Å². The SMILES string of the molecule is Nc1cc(Cl)ccc1OCc1ccccc1.O=[N+]([O-])c1cc(Cl)ccc1OCc1ccccc1. The average Bonchev–Trinajstić information content (AvgIpc) is 2.84. The number of nitro groups is 1. The highest BCUT2D eigenvalue weighted by Crippen LogP contribution is 2.30. The van der Waals surface area contributed by atoms with Crippen LogP contribution in [0.3, 0.4) is 0 Å². The van der Waals surface area contributed by atoms with E-state index in [1.165, 1.54) is 12.1 Å². The van der Waals surface area contributed by atoms with Crippen LogP contribution in [0.15, 0.2) is 97.1 Å². The number of halogens is 2. The molecule has 0 unspecified atom stereocenters. The van der Waals surface area contributed by atoms with Crippen LogP contribution in [0.1, 0.15) is 11.1 Å². The lowest BCUT2D eigenvalue weighted by molar-refractivity contribution is -0.385. The van der Waals surface area contributed by atoms with Gasteiger partial charge in [-0.2, -0.15) is 0 Å². The summed E-state index contributed by atoms with van der Waals surface area (Å²) in [5, 5.41) is 11.8. The van der Waals surface area contributed by atoms with E-state index in [1.54, 1.807) is 24.3 Å². The quantitative estimate of drug-likeness (QED) is 0.164. The first-order valence-electron chi connectivity index (χ1n) is 10.2. The maximum absolute atomic E-state index is 10.9. The molecule has 0 aliphatic heterocycles. The molecule has 0 saturated heterocycles. The molecule has 0 heterocycles. The van der Waals surface area contributed by atoms with Crippen molar-refractivity contribution in [3.8, 4) is 11.5 Å². The van der Waals surface area contributed by atoms with Gasteiger partial charge in [-0.15, -0.1) is 0 Å². The van der Waals surface area contributed by atoms with Gasteiger partial charge in [0, 0.05) is 16.1 Å². The second-order valence-electron chi connectivity index (χ2n) is 7.10. The Morgan fingerprint density at radius 2 is 1.18 bits per heavy atom. The Kier molecular flexibility index (Phi) is 9.14. The molecule has 0 bridgehead atoms. The van der Waals surface area contributed by atoms with Crippen LogP contribution in [0, 0.1) is 10.1 Å². The van der Waals surface area contributed by atoms with Gasteiger partial charge in [0.25, 0.3) is 0 Å². The molecule has 0 aliphatic carbocycles. The Balaban J connectivity index is 0.000000192. The number of ether oxygens (including phenoxy) is 2. The van der Waals surface area contributed by atoms with Crippen molar-refractivity contribution in [3.05, 3.63) is 128 Å². The van der Waals surface area contributed by atoms with Crippen LogP contribution in [0.4, 0.5) is 11.4 Å². The van der Waals surface area contributed by atoms with E-state index in [4.69, 9.17) is 38.4 Å². The smallest absolute Gasteiger partial charge is 0.312 e. The van der Waals surface area contributed by atoms with Gasteiger partial charge in [-0.3, -0.25) is 10.1 Å². The largest absolute Gasteiger partial charge is 0.487 e. The van der Waals surface area contributed by atoms with E-state index in [9.17, 15) is 10.1 Å². The van der Waals surface area contributed by atoms with Crippen LogP contribution in [0.2, 0.25) is 10.0 Å². The zero-order valence-electron chi connectivity index (χ0n) is 18.1. The molecule has 34 heavy (non-hydrogen) atoms. The van der Waals surface area contributed by atoms with Gasteiger partial charge in [0.1, 0.15) is 19.0 Å². The fourth-order valence-electron chi connectivity index (χ4n) is 2.88. The maximum Gasteiger partial charge on any atom is 0.312 e. The lowest BCUT2D eigenvalue weighted by atomic mass is 10.2. The maximum atomic E-state index is 10.9. The molecule has 2 N–H and O–H groups in total. The number of nitrogen functional groups attached to an aromatic ring is 1. The fraction of sp³-hybridized carbons (Fsp3) is 0.0769. The normalized spacial score (nSPS) is 10.1. The summed E-state index contributed by atoms with van der Waals surface area (Å²) in [6.45, 7) is 0.788. The molecule has 4 rings (SSSR count). The van der Waals surface area contributed by atoms with Gasteiger partial charge >= 0.3 is 5.69 Å². The first-order chi connectivity index (χ1) is 16.4. The number of rotatable bonds is 7. The van der Waals surface area contributed by atoms with Crippen molar-refractivity contribution in [3.63, 3.8) is 0 Å². The summed E-state index contributed by atoms with van der Waals surface area (Å²) in [6, 6.07) is 29.0. The second kappa shape index (κ2) is 12.5. The molecule has 4 aromatic rings. The van der Waals surface area contributed by atoms with Crippen molar-refractivity contribution < 1.29 is 14.4 Å². The summed E-state index contributed by atoms with van der Waals surface area (Å²) in [5.41, 5.74) is 8.26. The third-order valence-corrected chi connectivity index (χ3v) is 5.03. The fourth-order valence-corrected chi connectivity index (χ4v) is 3.22. The standard InChI is InChI=1S/C13H10ClNO3.C13H12ClNO/c14-11-6-7-13(12(8-11)15(16)17)18-9-10-4-2-1-3-5-10;14-11-6-7-13(12(15)8-11)16-9-10-4-2-1-3-5-10/h1-8H,9H2;1-8H,9,15H2. The van der Waals surface area contributed by atoms with Gasteiger partial charge in [-0.1, -0.05) is 83.9 Å². The summed E-state index contributed by atoms with van der Waals surface area (Å²) in [6.07, 6.45) is 0. The number of nitro benzene ring substituents is 1. The van der Waals surface area contributed by atoms with Crippen molar-refractivity contribution in [1.29, 1.82) is 0 Å². The second-order valence-corrected chi connectivity index (χ2v) is 7.97. The van der Waals surface area contributed by atoms with Gasteiger partial charge in [0.05, 0.1) is 10.6 Å². The Bertz CT molecular complexity index is 1220. The molecule has 0 spiro atoms. The summed E-state index contributed by atoms with van der Waals surface area (Å²) < 4.78 is 11.0. The molecule has 0 amide bonds. The topological polar surface area (TPSA) is 87.6 Å². The third-order valence-electron chi connectivity index (χ3n) is 4.56. The summed E-state index contributed by atoms with van der Waals surface area (Å²) in [4.78, 5) is 10.3. The van der Waals surface area contributed by atoms with Crippen LogP contribution in [-0.2, 0) is 13.2 Å². The van der Waals surface area contributed by atoms with Crippen LogP contribution in [0.25, 0.3) is 0 Å².